The average Bonchev–Trinajstić information content (AvgIpc) is 3.02. The molecule has 7 nitrogen and oxygen atoms in total. The number of rotatable bonds is 4. The van der Waals surface area contributed by atoms with Crippen molar-refractivity contribution in [2.75, 3.05) is 13.7 Å². The molecule has 0 saturated heterocycles. The first-order chi connectivity index (χ1) is 12.8. The topological polar surface area (TPSA) is 85.7 Å². The lowest BCUT2D eigenvalue weighted by Crippen LogP contribution is -2.15. The van der Waals surface area contributed by atoms with Crippen LogP contribution in [0.1, 0.15) is 23.0 Å². The van der Waals surface area contributed by atoms with E-state index in [1.54, 1.807) is 24.3 Å². The highest BCUT2D eigenvalue weighted by Crippen LogP contribution is 2.33. The minimum Gasteiger partial charge on any atom is -0.497 e. The average molecular weight is 381 g/mol. The van der Waals surface area contributed by atoms with Crippen LogP contribution in [0.4, 0.5) is 13.2 Å². The fourth-order valence-corrected chi connectivity index (χ4v) is 2.55. The van der Waals surface area contributed by atoms with Crippen molar-refractivity contribution in [2.24, 2.45) is 0 Å². The third-order valence-electron chi connectivity index (χ3n) is 3.76. The van der Waals surface area contributed by atoms with Gasteiger partial charge in [0.2, 0.25) is 0 Å². The lowest BCUT2D eigenvalue weighted by molar-refractivity contribution is -0.141. The third kappa shape index (κ3) is 3.37. The van der Waals surface area contributed by atoms with Gasteiger partial charge in [-0.15, -0.1) is 0 Å². The molecule has 0 aliphatic rings. The zero-order valence-corrected chi connectivity index (χ0v) is 14.3. The van der Waals surface area contributed by atoms with Crippen LogP contribution in [-0.2, 0) is 10.9 Å². The molecule has 0 bridgehead atoms. The molecule has 2 heterocycles. The fraction of sp³-hybridized carbons (Fsp3) is 0.235. The Bertz CT molecular complexity index is 1050. The van der Waals surface area contributed by atoms with Crippen molar-refractivity contribution >= 4 is 11.6 Å². The van der Waals surface area contributed by atoms with E-state index in [0.717, 1.165) is 6.07 Å². The Morgan fingerprint density at radius 3 is 2.48 bits per heavy atom. The lowest BCUT2D eigenvalue weighted by Gasteiger charge is -2.06. The van der Waals surface area contributed by atoms with E-state index in [4.69, 9.17) is 9.47 Å². The van der Waals surface area contributed by atoms with Crippen LogP contribution in [0.5, 0.6) is 5.75 Å². The number of carbonyl (C=O) groups is 1. The Morgan fingerprint density at radius 2 is 1.93 bits per heavy atom. The maximum absolute atomic E-state index is 13.3. The molecular weight excluding hydrogens is 367 g/mol. The number of halogens is 3. The van der Waals surface area contributed by atoms with E-state index in [2.05, 4.69) is 4.98 Å². The molecule has 0 unspecified atom stereocenters. The largest absolute Gasteiger partial charge is 0.497 e. The van der Waals surface area contributed by atoms with Gasteiger partial charge >= 0.3 is 12.1 Å². The van der Waals surface area contributed by atoms with Crippen molar-refractivity contribution in [3.63, 3.8) is 0 Å². The highest BCUT2D eigenvalue weighted by molar-refractivity contribution is 5.97. The molecule has 1 N–H and O–H groups in total. The van der Waals surface area contributed by atoms with E-state index in [-0.39, 0.29) is 12.3 Å². The predicted octanol–water partition coefficient (Wildman–Crippen LogP) is 2.89. The van der Waals surface area contributed by atoms with E-state index >= 15 is 0 Å². The highest BCUT2D eigenvalue weighted by atomic mass is 19.4. The van der Waals surface area contributed by atoms with Crippen molar-refractivity contribution in [3.8, 4) is 17.0 Å². The first kappa shape index (κ1) is 18.5. The molecule has 1 aromatic carbocycles. The summed E-state index contributed by atoms with van der Waals surface area (Å²) >= 11 is 0. The standard InChI is InChI=1S/C17H14F3N3O4/c1-3-27-16(25)13-14(17(18,19)20)22-23-12(24)8-11(21-15(13)23)9-4-6-10(26-2)7-5-9/h4-8,22H,3H2,1-2H3. The molecule has 0 saturated carbocycles. The highest BCUT2D eigenvalue weighted by Gasteiger charge is 2.40. The molecule has 0 radical (unpaired) electrons. The van der Waals surface area contributed by atoms with E-state index in [1.807, 2.05) is 5.10 Å². The van der Waals surface area contributed by atoms with Crippen molar-refractivity contribution < 1.29 is 27.4 Å². The number of alkyl halides is 3. The molecule has 3 rings (SSSR count). The van der Waals surface area contributed by atoms with Gasteiger partial charge in [-0.05, 0) is 31.2 Å². The van der Waals surface area contributed by atoms with Gasteiger partial charge in [0.1, 0.15) is 11.3 Å². The van der Waals surface area contributed by atoms with Gasteiger partial charge in [0, 0.05) is 11.6 Å². The summed E-state index contributed by atoms with van der Waals surface area (Å²) < 4.78 is 50.3. The number of fused-ring (bicyclic) bond motifs is 1. The summed E-state index contributed by atoms with van der Waals surface area (Å²) in [5, 5.41) is 1.90. The van der Waals surface area contributed by atoms with Gasteiger partial charge < -0.3 is 9.47 Å². The molecule has 0 atom stereocenters. The number of aromatic nitrogens is 3. The van der Waals surface area contributed by atoms with E-state index in [1.165, 1.54) is 14.0 Å². The van der Waals surface area contributed by atoms with Crippen molar-refractivity contribution in [2.45, 2.75) is 13.1 Å². The number of ether oxygens (including phenoxy) is 2. The van der Waals surface area contributed by atoms with Gasteiger partial charge in [0.15, 0.2) is 11.3 Å². The van der Waals surface area contributed by atoms with Crippen LogP contribution in [0.15, 0.2) is 35.1 Å². The number of nitrogens with one attached hydrogen (secondary N) is 1. The quantitative estimate of drug-likeness (QED) is 0.703. The van der Waals surface area contributed by atoms with Gasteiger partial charge in [-0.3, -0.25) is 9.89 Å². The van der Waals surface area contributed by atoms with Gasteiger partial charge in [0.25, 0.3) is 5.56 Å². The number of nitrogens with zero attached hydrogens (tertiary/aromatic N) is 2. The molecule has 27 heavy (non-hydrogen) atoms. The molecular formula is C17H14F3N3O4. The Kier molecular flexibility index (Phi) is 4.64. The normalized spacial score (nSPS) is 11.6. The second-order valence-corrected chi connectivity index (χ2v) is 5.45. The molecule has 0 aliphatic heterocycles. The summed E-state index contributed by atoms with van der Waals surface area (Å²) in [6, 6.07) is 7.49. The first-order valence-electron chi connectivity index (χ1n) is 7.80. The smallest absolute Gasteiger partial charge is 0.433 e. The lowest BCUT2D eigenvalue weighted by atomic mass is 10.1. The van der Waals surface area contributed by atoms with Gasteiger partial charge in [-0.1, -0.05) is 0 Å². The van der Waals surface area contributed by atoms with Crippen LogP contribution in [0, 0.1) is 0 Å². The second-order valence-electron chi connectivity index (χ2n) is 5.45. The van der Waals surface area contributed by atoms with Crippen LogP contribution >= 0.6 is 0 Å². The molecule has 0 amide bonds. The van der Waals surface area contributed by atoms with Crippen LogP contribution < -0.4 is 10.3 Å². The fourth-order valence-electron chi connectivity index (χ4n) is 2.55. The summed E-state index contributed by atoms with van der Waals surface area (Å²) in [6.45, 7) is 1.33. The summed E-state index contributed by atoms with van der Waals surface area (Å²) in [4.78, 5) is 28.5. The number of hydrogen-bond acceptors (Lipinski definition) is 5. The maximum Gasteiger partial charge on any atom is 0.433 e. The number of hydrogen-bond donors (Lipinski definition) is 1. The monoisotopic (exact) mass is 381 g/mol. The third-order valence-corrected chi connectivity index (χ3v) is 3.76. The number of aromatic amines is 1. The van der Waals surface area contributed by atoms with Crippen molar-refractivity contribution in [1.29, 1.82) is 0 Å². The number of esters is 1. The number of benzene rings is 1. The van der Waals surface area contributed by atoms with Crippen LogP contribution in [0.25, 0.3) is 16.9 Å². The first-order valence-corrected chi connectivity index (χ1v) is 7.80. The summed E-state index contributed by atoms with van der Waals surface area (Å²) in [5.41, 5.74) is -2.90. The predicted molar refractivity (Wildman–Crippen MR) is 88.8 cm³/mol. The second kappa shape index (κ2) is 6.78. The van der Waals surface area contributed by atoms with Crippen molar-refractivity contribution in [1.82, 2.24) is 14.6 Å². The molecule has 3 aromatic rings. The van der Waals surface area contributed by atoms with Crippen LogP contribution in [0.2, 0.25) is 0 Å². The Labute approximate surface area is 150 Å². The zero-order chi connectivity index (χ0) is 19.8. The molecule has 142 valence electrons. The molecule has 0 fully saturated rings. The maximum atomic E-state index is 13.3. The Hall–Kier alpha value is -3.30. The zero-order valence-electron chi connectivity index (χ0n) is 14.3. The number of carbonyl (C=O) groups excluding carboxylic acids is 1. The van der Waals surface area contributed by atoms with Gasteiger partial charge in [-0.2, -0.15) is 13.2 Å². The summed E-state index contributed by atoms with van der Waals surface area (Å²) in [7, 11) is 1.48. The summed E-state index contributed by atoms with van der Waals surface area (Å²) in [6.07, 6.45) is -4.90. The number of methoxy groups -OCH3 is 1. The number of H-pyrrole nitrogens is 1. The molecule has 0 aliphatic carbocycles. The van der Waals surface area contributed by atoms with E-state index in [9.17, 15) is 22.8 Å². The Balaban J connectivity index is 2.27. The van der Waals surface area contributed by atoms with Crippen molar-refractivity contribution in [3.05, 3.63) is 51.9 Å². The summed E-state index contributed by atoms with van der Waals surface area (Å²) in [5.74, 6) is -0.660. The van der Waals surface area contributed by atoms with Crippen LogP contribution in [-0.4, -0.2) is 34.3 Å². The van der Waals surface area contributed by atoms with E-state index < -0.39 is 34.6 Å². The molecule has 0 spiro atoms. The van der Waals surface area contributed by atoms with E-state index in [0.29, 0.717) is 15.8 Å². The SMILES string of the molecule is CCOC(=O)c1c(C(F)(F)F)[nH]n2c(=O)cc(-c3ccc(OC)cc3)nc12. The molecule has 10 heteroatoms. The minimum atomic E-state index is -4.90. The van der Waals surface area contributed by atoms with Crippen LogP contribution in [0.3, 0.4) is 0 Å². The minimum absolute atomic E-state index is 0.112. The molecule has 2 aromatic heterocycles. The Morgan fingerprint density at radius 1 is 1.26 bits per heavy atom. The van der Waals surface area contributed by atoms with Gasteiger partial charge in [0.05, 0.1) is 19.4 Å². The van der Waals surface area contributed by atoms with Gasteiger partial charge in [-0.25, -0.2) is 14.3 Å².